The zero-order valence-electron chi connectivity index (χ0n) is 25.2. The Morgan fingerprint density at radius 3 is 2.33 bits per heavy atom. The number of anilines is 2. The lowest BCUT2D eigenvalue weighted by Gasteiger charge is -2.16. The third kappa shape index (κ3) is 7.59. The predicted molar refractivity (Wildman–Crippen MR) is 177 cm³/mol. The second kappa shape index (κ2) is 14.5. The maximum absolute atomic E-state index is 13.5. The molecule has 4 aromatic rings. The molecule has 1 fully saturated rings. The van der Waals surface area contributed by atoms with Crippen molar-refractivity contribution < 1.29 is 28.7 Å². The number of aryl methyl sites for hydroxylation is 1. The third-order valence-corrected chi connectivity index (χ3v) is 8.31. The van der Waals surface area contributed by atoms with Gasteiger partial charge >= 0.3 is 5.97 Å². The molecule has 0 unspecified atom stereocenters. The smallest absolute Gasteiger partial charge is 0.338 e. The van der Waals surface area contributed by atoms with Gasteiger partial charge in [-0.15, -0.1) is 11.8 Å². The van der Waals surface area contributed by atoms with Crippen molar-refractivity contribution in [1.82, 2.24) is 5.32 Å². The fourth-order valence-electron chi connectivity index (χ4n) is 4.78. The van der Waals surface area contributed by atoms with Gasteiger partial charge in [-0.25, -0.2) is 9.69 Å². The summed E-state index contributed by atoms with van der Waals surface area (Å²) in [6.45, 7) is 3.86. The summed E-state index contributed by atoms with van der Waals surface area (Å²) >= 11 is 1.22. The van der Waals surface area contributed by atoms with Gasteiger partial charge in [0.1, 0.15) is 5.70 Å². The molecule has 9 nitrogen and oxygen atoms in total. The van der Waals surface area contributed by atoms with Crippen LogP contribution in [-0.2, 0) is 19.1 Å². The van der Waals surface area contributed by atoms with Crippen molar-refractivity contribution in [3.63, 3.8) is 0 Å². The lowest BCUT2D eigenvalue weighted by Crippen LogP contribution is -2.31. The highest BCUT2D eigenvalue weighted by Crippen LogP contribution is 2.35. The number of carbonyl (C=O) groups is 5. The Balaban J connectivity index is 1.30. The van der Waals surface area contributed by atoms with Crippen molar-refractivity contribution in [3.8, 4) is 0 Å². The van der Waals surface area contributed by atoms with Crippen LogP contribution >= 0.6 is 11.8 Å². The number of amides is 4. The number of hydrogen-bond donors (Lipinski definition) is 2. The van der Waals surface area contributed by atoms with Crippen LogP contribution in [-0.4, -0.2) is 41.5 Å². The Kier molecular flexibility index (Phi) is 10.1. The number of ether oxygens (including phenoxy) is 1. The van der Waals surface area contributed by atoms with Crippen molar-refractivity contribution in [1.29, 1.82) is 0 Å². The number of thioether (sulfide) groups is 1. The summed E-state index contributed by atoms with van der Waals surface area (Å²) in [5.41, 5.74) is 3.31. The minimum atomic E-state index is -0.676. The largest absolute Gasteiger partial charge is 0.462 e. The van der Waals surface area contributed by atoms with Crippen molar-refractivity contribution in [2.45, 2.75) is 30.4 Å². The molecule has 0 bridgehead atoms. The van der Waals surface area contributed by atoms with Crippen molar-refractivity contribution in [3.05, 3.63) is 131 Å². The zero-order valence-corrected chi connectivity index (χ0v) is 26.0. The molecule has 10 heteroatoms. The van der Waals surface area contributed by atoms with Crippen LogP contribution in [0.1, 0.15) is 45.2 Å². The fraction of sp³-hybridized carbons (Fsp3) is 0.139. The Morgan fingerprint density at radius 2 is 1.61 bits per heavy atom. The van der Waals surface area contributed by atoms with Gasteiger partial charge in [-0.05, 0) is 85.6 Å². The molecule has 0 radical (unpaired) electrons. The van der Waals surface area contributed by atoms with Gasteiger partial charge in [0, 0.05) is 22.6 Å². The molecule has 1 saturated heterocycles. The number of imide groups is 1. The molecule has 1 atom stereocenters. The van der Waals surface area contributed by atoms with Gasteiger partial charge < -0.3 is 15.4 Å². The molecule has 5 rings (SSSR count). The Hall–Kier alpha value is -5.48. The van der Waals surface area contributed by atoms with Crippen LogP contribution in [0.5, 0.6) is 0 Å². The molecule has 1 aliphatic heterocycles. The van der Waals surface area contributed by atoms with Gasteiger partial charge in [-0.3, -0.25) is 19.2 Å². The zero-order chi connectivity index (χ0) is 32.6. The van der Waals surface area contributed by atoms with E-state index in [9.17, 15) is 24.0 Å². The van der Waals surface area contributed by atoms with Crippen molar-refractivity contribution in [2.24, 2.45) is 0 Å². The van der Waals surface area contributed by atoms with E-state index < -0.39 is 23.0 Å². The van der Waals surface area contributed by atoms with E-state index in [2.05, 4.69) is 10.6 Å². The first-order valence-electron chi connectivity index (χ1n) is 14.6. The molecular weight excluding hydrogens is 602 g/mol. The molecule has 232 valence electrons. The molecular formula is C36H31N3O6S. The van der Waals surface area contributed by atoms with Gasteiger partial charge in [-0.1, -0.05) is 48.5 Å². The van der Waals surface area contributed by atoms with Crippen molar-refractivity contribution >= 4 is 58.8 Å². The SMILES string of the molecule is CCOC(=O)c1ccc(N2C(=O)C[C@H](Sc3cccc(NC(=O)/C(=C/c4ccccc4C)NC(=O)c4ccccc4)c3)C2=O)cc1. The maximum atomic E-state index is 13.5. The number of nitrogens with zero attached hydrogens (tertiary/aromatic N) is 1. The average Bonchev–Trinajstić information content (AvgIpc) is 3.34. The fourth-order valence-corrected chi connectivity index (χ4v) is 5.90. The van der Waals surface area contributed by atoms with E-state index in [1.165, 1.54) is 23.9 Å². The molecule has 4 aromatic carbocycles. The third-order valence-electron chi connectivity index (χ3n) is 7.13. The van der Waals surface area contributed by atoms with Crippen LogP contribution in [0.15, 0.2) is 114 Å². The van der Waals surface area contributed by atoms with E-state index in [0.717, 1.165) is 16.0 Å². The number of rotatable bonds is 10. The maximum Gasteiger partial charge on any atom is 0.338 e. The molecule has 0 spiro atoms. The van der Waals surface area contributed by atoms with E-state index in [1.54, 1.807) is 79.7 Å². The van der Waals surface area contributed by atoms with Crippen molar-refractivity contribution in [2.75, 3.05) is 16.8 Å². The minimum Gasteiger partial charge on any atom is -0.462 e. The second-order valence-corrected chi connectivity index (χ2v) is 11.6. The second-order valence-electron chi connectivity index (χ2n) is 10.4. The lowest BCUT2D eigenvalue weighted by atomic mass is 10.1. The molecule has 1 heterocycles. The first-order chi connectivity index (χ1) is 22.2. The van der Waals surface area contributed by atoms with Crippen LogP contribution in [0.3, 0.4) is 0 Å². The van der Waals surface area contributed by atoms with Crippen LogP contribution < -0.4 is 15.5 Å². The van der Waals surface area contributed by atoms with Gasteiger partial charge in [0.05, 0.1) is 23.1 Å². The van der Waals surface area contributed by atoms with E-state index >= 15 is 0 Å². The van der Waals surface area contributed by atoms with E-state index in [1.807, 2.05) is 31.2 Å². The quantitative estimate of drug-likeness (QED) is 0.125. The minimum absolute atomic E-state index is 0.00541. The van der Waals surface area contributed by atoms with Crippen LogP contribution in [0.25, 0.3) is 6.08 Å². The molecule has 4 amide bonds. The summed E-state index contributed by atoms with van der Waals surface area (Å²) < 4.78 is 4.99. The number of benzene rings is 4. The van der Waals surface area contributed by atoms with Gasteiger partial charge in [-0.2, -0.15) is 0 Å². The molecule has 0 saturated carbocycles. The summed E-state index contributed by atoms with van der Waals surface area (Å²) in [4.78, 5) is 66.4. The molecule has 46 heavy (non-hydrogen) atoms. The Morgan fingerprint density at radius 1 is 0.891 bits per heavy atom. The normalized spacial score (nSPS) is 14.6. The highest BCUT2D eigenvalue weighted by atomic mass is 32.2. The molecule has 2 N–H and O–H groups in total. The Labute approximate surface area is 270 Å². The number of hydrogen-bond acceptors (Lipinski definition) is 7. The first-order valence-corrected chi connectivity index (χ1v) is 15.5. The van der Waals surface area contributed by atoms with Crippen LogP contribution in [0.4, 0.5) is 11.4 Å². The van der Waals surface area contributed by atoms with Gasteiger partial charge in [0.25, 0.3) is 11.8 Å². The van der Waals surface area contributed by atoms with E-state index in [-0.39, 0.29) is 30.5 Å². The summed E-state index contributed by atoms with van der Waals surface area (Å²) in [6, 6.07) is 29.2. The van der Waals surface area contributed by atoms with E-state index in [0.29, 0.717) is 27.4 Å². The number of esters is 1. The first kappa shape index (κ1) is 31.9. The summed E-state index contributed by atoms with van der Waals surface area (Å²) in [5.74, 6) is -2.16. The summed E-state index contributed by atoms with van der Waals surface area (Å²) in [5, 5.41) is 4.91. The Bertz CT molecular complexity index is 1820. The molecule has 1 aliphatic rings. The summed E-state index contributed by atoms with van der Waals surface area (Å²) in [7, 11) is 0. The standard InChI is InChI=1S/C36H31N3O6S/c1-3-45-36(44)25-16-18-28(19-17-25)39-32(40)22-31(35(39)43)46-29-15-9-14-27(21-29)37-34(42)30(20-26-13-8-7-10-23(26)2)38-33(41)24-11-5-4-6-12-24/h4-21,31H,3,22H2,1-2H3,(H,37,42)(H,38,41)/b30-20-/t31-/m0/s1. The molecule has 0 aromatic heterocycles. The summed E-state index contributed by atoms with van der Waals surface area (Å²) in [6.07, 6.45) is 1.62. The average molecular weight is 634 g/mol. The van der Waals surface area contributed by atoms with Gasteiger partial charge in [0.2, 0.25) is 11.8 Å². The monoisotopic (exact) mass is 633 g/mol. The number of carbonyl (C=O) groups excluding carboxylic acids is 5. The van der Waals surface area contributed by atoms with Crippen LogP contribution in [0.2, 0.25) is 0 Å². The van der Waals surface area contributed by atoms with Crippen LogP contribution in [0, 0.1) is 6.92 Å². The number of nitrogens with one attached hydrogen (secondary N) is 2. The highest BCUT2D eigenvalue weighted by Gasteiger charge is 2.40. The highest BCUT2D eigenvalue weighted by molar-refractivity contribution is 8.00. The molecule has 0 aliphatic carbocycles. The lowest BCUT2D eigenvalue weighted by molar-refractivity contribution is -0.121. The van der Waals surface area contributed by atoms with E-state index in [4.69, 9.17) is 4.74 Å². The van der Waals surface area contributed by atoms with Gasteiger partial charge in [0.15, 0.2) is 0 Å². The topological polar surface area (TPSA) is 122 Å². The predicted octanol–water partition coefficient (Wildman–Crippen LogP) is 6.01.